The van der Waals surface area contributed by atoms with E-state index in [2.05, 4.69) is 4.98 Å². The molecule has 21 heavy (non-hydrogen) atoms. The van der Waals surface area contributed by atoms with Gasteiger partial charge in [-0.25, -0.2) is 9.37 Å². The molecule has 0 aliphatic rings. The van der Waals surface area contributed by atoms with Gasteiger partial charge < -0.3 is 4.57 Å². The van der Waals surface area contributed by atoms with E-state index in [1.54, 1.807) is 0 Å². The van der Waals surface area contributed by atoms with E-state index in [9.17, 15) is 22.4 Å². The monoisotopic (exact) mass is 300 g/mol. The molecule has 0 atom stereocenters. The molecule has 0 saturated carbocycles. The number of aromatic nitrogens is 2. The maximum absolute atomic E-state index is 14.0. The average Bonchev–Trinajstić information content (AvgIpc) is 2.85. The van der Waals surface area contributed by atoms with Crippen LogP contribution in [-0.2, 0) is 12.7 Å². The van der Waals surface area contributed by atoms with E-state index >= 15 is 0 Å². The van der Waals surface area contributed by atoms with Crippen LogP contribution in [0.15, 0.2) is 30.6 Å². The van der Waals surface area contributed by atoms with Gasteiger partial charge in [0.05, 0.1) is 11.1 Å². The van der Waals surface area contributed by atoms with Crippen molar-refractivity contribution in [1.29, 1.82) is 0 Å². The van der Waals surface area contributed by atoms with Gasteiger partial charge in [0.15, 0.2) is 5.82 Å². The molecule has 0 spiro atoms. The van der Waals surface area contributed by atoms with E-state index in [0.29, 0.717) is 19.0 Å². The van der Waals surface area contributed by atoms with E-state index < -0.39 is 28.9 Å². The Balaban J connectivity index is 2.47. The van der Waals surface area contributed by atoms with Crippen molar-refractivity contribution in [3.8, 4) is 0 Å². The second-order valence-electron chi connectivity index (χ2n) is 4.44. The fourth-order valence-electron chi connectivity index (χ4n) is 1.99. The largest absolute Gasteiger partial charge is 0.419 e. The van der Waals surface area contributed by atoms with Crippen molar-refractivity contribution in [3.05, 3.63) is 53.4 Å². The number of ketones is 1. The van der Waals surface area contributed by atoms with Crippen molar-refractivity contribution in [3.63, 3.8) is 0 Å². The first kappa shape index (κ1) is 15.2. The fraction of sp³-hybridized carbons (Fsp3) is 0.286. The van der Waals surface area contributed by atoms with E-state index in [0.717, 1.165) is 12.1 Å². The average molecular weight is 300 g/mol. The summed E-state index contributed by atoms with van der Waals surface area (Å²) in [5, 5.41) is 0. The molecule has 0 bridgehead atoms. The number of carbonyl (C=O) groups excluding carboxylic acids is 1. The lowest BCUT2D eigenvalue weighted by Gasteiger charge is -2.11. The first-order valence-electron chi connectivity index (χ1n) is 6.27. The number of rotatable bonds is 4. The van der Waals surface area contributed by atoms with Crippen molar-refractivity contribution in [1.82, 2.24) is 9.55 Å². The standard InChI is InChI=1S/C14H12F4N2O/c1-2-7-20-8-6-19-13(20)12(21)9-4-3-5-10(11(9)15)14(16,17)18/h3-6,8H,2,7H2,1H3. The molecule has 0 fully saturated rings. The summed E-state index contributed by atoms with van der Waals surface area (Å²) in [5.41, 5.74) is -2.09. The normalized spacial score (nSPS) is 11.7. The SMILES string of the molecule is CCCn1ccnc1C(=O)c1cccc(C(F)(F)F)c1F. The number of alkyl halides is 3. The number of halogens is 4. The summed E-state index contributed by atoms with van der Waals surface area (Å²) in [6, 6.07) is 2.63. The minimum Gasteiger partial charge on any atom is -0.328 e. The highest BCUT2D eigenvalue weighted by Gasteiger charge is 2.36. The van der Waals surface area contributed by atoms with Gasteiger partial charge in [0, 0.05) is 18.9 Å². The molecule has 0 aliphatic carbocycles. The summed E-state index contributed by atoms with van der Waals surface area (Å²) >= 11 is 0. The zero-order chi connectivity index (χ0) is 15.6. The quantitative estimate of drug-likeness (QED) is 0.637. The molecular formula is C14H12F4N2O. The maximum Gasteiger partial charge on any atom is 0.419 e. The summed E-state index contributed by atoms with van der Waals surface area (Å²) in [6.07, 6.45) is -1.25. The molecule has 0 aliphatic heterocycles. The number of hydrogen-bond acceptors (Lipinski definition) is 2. The molecule has 1 aromatic carbocycles. The van der Waals surface area contributed by atoms with Crippen LogP contribution in [-0.4, -0.2) is 15.3 Å². The van der Waals surface area contributed by atoms with Crippen molar-refractivity contribution in [2.45, 2.75) is 26.1 Å². The van der Waals surface area contributed by atoms with E-state index in [1.807, 2.05) is 6.92 Å². The second kappa shape index (κ2) is 5.67. The molecule has 2 rings (SSSR count). The van der Waals surface area contributed by atoms with Crippen LogP contribution in [0.1, 0.15) is 35.1 Å². The number of aryl methyl sites for hydroxylation is 1. The lowest BCUT2D eigenvalue weighted by atomic mass is 10.0. The second-order valence-corrected chi connectivity index (χ2v) is 4.44. The van der Waals surface area contributed by atoms with Gasteiger partial charge in [0.25, 0.3) is 0 Å². The summed E-state index contributed by atoms with van der Waals surface area (Å²) in [4.78, 5) is 16.0. The summed E-state index contributed by atoms with van der Waals surface area (Å²) in [6.45, 7) is 2.35. The van der Waals surface area contributed by atoms with Crippen LogP contribution >= 0.6 is 0 Å². The third-order valence-corrected chi connectivity index (χ3v) is 2.93. The molecule has 0 amide bonds. The molecule has 112 valence electrons. The van der Waals surface area contributed by atoms with Crippen LogP contribution in [0.25, 0.3) is 0 Å². The van der Waals surface area contributed by atoms with Gasteiger partial charge in [0.2, 0.25) is 5.78 Å². The molecule has 0 unspecified atom stereocenters. The lowest BCUT2D eigenvalue weighted by molar-refractivity contribution is -0.140. The van der Waals surface area contributed by atoms with Crippen LogP contribution in [0.4, 0.5) is 17.6 Å². The van der Waals surface area contributed by atoms with Gasteiger partial charge in [-0.05, 0) is 18.6 Å². The van der Waals surface area contributed by atoms with E-state index in [-0.39, 0.29) is 5.82 Å². The van der Waals surface area contributed by atoms with Crippen LogP contribution in [0.5, 0.6) is 0 Å². The number of benzene rings is 1. The lowest BCUT2D eigenvalue weighted by Crippen LogP contribution is -2.16. The molecule has 2 aromatic rings. The Bertz CT molecular complexity index is 661. The van der Waals surface area contributed by atoms with Crippen LogP contribution in [0, 0.1) is 5.82 Å². The highest BCUT2D eigenvalue weighted by molar-refractivity contribution is 6.07. The van der Waals surface area contributed by atoms with Crippen molar-refractivity contribution < 1.29 is 22.4 Å². The Labute approximate surface area is 118 Å². The highest BCUT2D eigenvalue weighted by Crippen LogP contribution is 2.32. The summed E-state index contributed by atoms with van der Waals surface area (Å²) in [5.74, 6) is -2.51. The van der Waals surface area contributed by atoms with Crippen molar-refractivity contribution in [2.75, 3.05) is 0 Å². The number of nitrogens with zero attached hydrogens (tertiary/aromatic N) is 2. The molecule has 0 radical (unpaired) electrons. The molecular weight excluding hydrogens is 288 g/mol. The number of hydrogen-bond donors (Lipinski definition) is 0. The molecule has 1 heterocycles. The van der Waals surface area contributed by atoms with Crippen LogP contribution < -0.4 is 0 Å². The number of carbonyl (C=O) groups is 1. The first-order valence-corrected chi connectivity index (χ1v) is 6.27. The third kappa shape index (κ3) is 2.96. The molecule has 0 saturated heterocycles. The Morgan fingerprint density at radius 3 is 2.67 bits per heavy atom. The number of imidazole rings is 1. The molecule has 7 heteroatoms. The Morgan fingerprint density at radius 1 is 1.33 bits per heavy atom. The van der Waals surface area contributed by atoms with Gasteiger partial charge in [-0.3, -0.25) is 4.79 Å². The van der Waals surface area contributed by atoms with Gasteiger partial charge in [-0.2, -0.15) is 13.2 Å². The zero-order valence-electron chi connectivity index (χ0n) is 11.1. The van der Waals surface area contributed by atoms with Gasteiger partial charge >= 0.3 is 6.18 Å². The first-order chi connectivity index (χ1) is 9.86. The Hall–Kier alpha value is -2.18. The fourth-order valence-corrected chi connectivity index (χ4v) is 1.99. The maximum atomic E-state index is 14.0. The zero-order valence-corrected chi connectivity index (χ0v) is 11.1. The van der Waals surface area contributed by atoms with Crippen LogP contribution in [0.3, 0.4) is 0 Å². The molecule has 3 nitrogen and oxygen atoms in total. The minimum atomic E-state index is -4.85. The Kier molecular flexibility index (Phi) is 4.11. The van der Waals surface area contributed by atoms with Gasteiger partial charge in [0.1, 0.15) is 5.82 Å². The summed E-state index contributed by atoms with van der Waals surface area (Å²) in [7, 11) is 0. The van der Waals surface area contributed by atoms with Crippen molar-refractivity contribution >= 4 is 5.78 Å². The summed E-state index contributed by atoms with van der Waals surface area (Å²) < 4.78 is 53.4. The van der Waals surface area contributed by atoms with Crippen molar-refractivity contribution in [2.24, 2.45) is 0 Å². The highest BCUT2D eigenvalue weighted by atomic mass is 19.4. The predicted octanol–water partition coefficient (Wildman–Crippen LogP) is 3.68. The van der Waals surface area contributed by atoms with Crippen LogP contribution in [0.2, 0.25) is 0 Å². The Morgan fingerprint density at radius 2 is 2.05 bits per heavy atom. The predicted molar refractivity (Wildman–Crippen MR) is 67.4 cm³/mol. The van der Waals surface area contributed by atoms with Gasteiger partial charge in [-0.15, -0.1) is 0 Å². The molecule has 1 aromatic heterocycles. The van der Waals surface area contributed by atoms with E-state index in [1.165, 1.54) is 17.0 Å². The third-order valence-electron chi connectivity index (χ3n) is 2.93. The molecule has 0 N–H and O–H groups in total. The van der Waals surface area contributed by atoms with E-state index in [4.69, 9.17) is 0 Å². The van der Waals surface area contributed by atoms with Gasteiger partial charge in [-0.1, -0.05) is 13.0 Å². The smallest absolute Gasteiger partial charge is 0.328 e. The topological polar surface area (TPSA) is 34.9 Å². The minimum absolute atomic E-state index is 0.0740.